The highest BCUT2D eigenvalue weighted by molar-refractivity contribution is 7.88. The van der Waals surface area contributed by atoms with Crippen molar-refractivity contribution >= 4 is 10.0 Å². The summed E-state index contributed by atoms with van der Waals surface area (Å²) in [6.07, 6.45) is 1.43. The van der Waals surface area contributed by atoms with Crippen molar-refractivity contribution in [3.05, 3.63) is 17.5 Å². The van der Waals surface area contributed by atoms with Gasteiger partial charge in [-0.05, 0) is 25.7 Å². The van der Waals surface area contributed by atoms with Crippen LogP contribution in [0.15, 0.2) is 10.6 Å². The molecule has 1 aromatic rings. The van der Waals surface area contributed by atoms with Crippen molar-refractivity contribution in [2.75, 3.05) is 19.7 Å². The quantitative estimate of drug-likeness (QED) is 0.865. The normalized spacial score (nSPS) is 19.2. The minimum absolute atomic E-state index is 0.117. The fraction of sp³-hybridized carbons (Fsp3) is 0.727. The molecule has 1 N–H and O–H groups in total. The molecule has 0 saturated carbocycles. The van der Waals surface area contributed by atoms with Crippen LogP contribution in [-0.4, -0.2) is 42.7 Å². The average molecular weight is 274 g/mol. The summed E-state index contributed by atoms with van der Waals surface area (Å²) in [5.74, 6) is 0.721. The van der Waals surface area contributed by atoms with Crippen LogP contribution in [0.3, 0.4) is 0 Å². The van der Waals surface area contributed by atoms with Gasteiger partial charge in [-0.1, -0.05) is 5.16 Å². The molecular formula is C11H18N2O4S. The Kier molecular flexibility index (Phi) is 4.04. The van der Waals surface area contributed by atoms with Crippen LogP contribution >= 0.6 is 0 Å². The number of piperidine rings is 1. The lowest BCUT2D eigenvalue weighted by molar-refractivity contribution is 0.170. The average Bonchev–Trinajstić information content (AvgIpc) is 2.74. The lowest BCUT2D eigenvalue weighted by Gasteiger charge is -2.29. The molecule has 18 heavy (non-hydrogen) atoms. The molecule has 0 radical (unpaired) electrons. The summed E-state index contributed by atoms with van der Waals surface area (Å²) < 4.78 is 30.6. The summed E-state index contributed by atoms with van der Waals surface area (Å²) in [6, 6.07) is 1.64. The molecular weight excluding hydrogens is 256 g/mol. The van der Waals surface area contributed by atoms with E-state index >= 15 is 0 Å². The summed E-state index contributed by atoms with van der Waals surface area (Å²) in [5.41, 5.74) is 0.441. The van der Waals surface area contributed by atoms with E-state index in [1.807, 2.05) is 0 Å². The van der Waals surface area contributed by atoms with E-state index in [-0.39, 0.29) is 18.3 Å². The van der Waals surface area contributed by atoms with Gasteiger partial charge < -0.3 is 9.63 Å². The maximum absolute atomic E-state index is 12.1. The molecule has 0 atom stereocenters. The predicted octanol–water partition coefficient (Wildman–Crippen LogP) is 0.517. The Morgan fingerprint density at radius 2 is 2.17 bits per heavy atom. The standard InChI is InChI=1S/C11H18N2O4S/c1-9-6-11(12-17-9)8-18(15,16)13-4-2-10(7-14)3-5-13/h6,10,14H,2-5,7-8H2,1H3. The first-order chi connectivity index (χ1) is 8.51. The molecule has 0 aromatic carbocycles. The van der Waals surface area contributed by atoms with Crippen molar-refractivity contribution in [1.82, 2.24) is 9.46 Å². The largest absolute Gasteiger partial charge is 0.396 e. The van der Waals surface area contributed by atoms with Crippen molar-refractivity contribution in [1.29, 1.82) is 0 Å². The Morgan fingerprint density at radius 3 is 2.67 bits per heavy atom. The molecule has 0 amide bonds. The van der Waals surface area contributed by atoms with E-state index in [0.717, 1.165) is 0 Å². The van der Waals surface area contributed by atoms with E-state index in [0.29, 0.717) is 37.4 Å². The molecule has 7 heteroatoms. The highest BCUT2D eigenvalue weighted by Gasteiger charge is 2.28. The molecule has 0 spiro atoms. The van der Waals surface area contributed by atoms with Gasteiger partial charge in [0.1, 0.15) is 17.2 Å². The molecule has 2 rings (SSSR count). The lowest BCUT2D eigenvalue weighted by atomic mass is 10.00. The maximum atomic E-state index is 12.1. The number of aromatic nitrogens is 1. The summed E-state index contributed by atoms with van der Waals surface area (Å²) in [6.45, 7) is 2.82. The molecule has 2 heterocycles. The first-order valence-corrected chi connectivity index (χ1v) is 7.63. The van der Waals surface area contributed by atoms with Gasteiger partial charge in [0.25, 0.3) is 0 Å². The van der Waals surface area contributed by atoms with Gasteiger partial charge in [0, 0.05) is 25.8 Å². The summed E-state index contributed by atoms with van der Waals surface area (Å²) >= 11 is 0. The SMILES string of the molecule is Cc1cc(CS(=O)(=O)N2CCC(CO)CC2)no1. The van der Waals surface area contributed by atoms with Crippen LogP contribution in [0, 0.1) is 12.8 Å². The minimum atomic E-state index is -3.33. The lowest BCUT2D eigenvalue weighted by Crippen LogP contribution is -2.39. The van der Waals surface area contributed by atoms with Crippen molar-refractivity contribution in [3.8, 4) is 0 Å². The Bertz CT molecular complexity index is 489. The topological polar surface area (TPSA) is 83.6 Å². The van der Waals surface area contributed by atoms with E-state index in [2.05, 4.69) is 5.16 Å². The molecule has 0 aliphatic carbocycles. The molecule has 1 aliphatic heterocycles. The number of nitrogens with zero attached hydrogens (tertiary/aromatic N) is 2. The van der Waals surface area contributed by atoms with Gasteiger partial charge in [0.15, 0.2) is 0 Å². The van der Waals surface area contributed by atoms with Crippen LogP contribution in [0.1, 0.15) is 24.3 Å². The van der Waals surface area contributed by atoms with Crippen molar-refractivity contribution in [2.45, 2.75) is 25.5 Å². The van der Waals surface area contributed by atoms with Gasteiger partial charge in [-0.15, -0.1) is 0 Å². The van der Waals surface area contributed by atoms with Crippen LogP contribution in [0.2, 0.25) is 0 Å². The third kappa shape index (κ3) is 3.09. The highest BCUT2D eigenvalue weighted by Crippen LogP contribution is 2.21. The predicted molar refractivity (Wildman–Crippen MR) is 65.2 cm³/mol. The van der Waals surface area contributed by atoms with Gasteiger partial charge in [-0.3, -0.25) is 0 Å². The zero-order valence-electron chi connectivity index (χ0n) is 10.4. The summed E-state index contributed by atoms with van der Waals surface area (Å²) in [5, 5.41) is 12.7. The van der Waals surface area contributed by atoms with Crippen LogP contribution in [0.5, 0.6) is 0 Å². The molecule has 1 aliphatic rings. The molecule has 102 valence electrons. The Hall–Kier alpha value is -0.920. The first kappa shape index (κ1) is 13.5. The number of rotatable bonds is 4. The zero-order chi connectivity index (χ0) is 13.2. The third-order valence-electron chi connectivity index (χ3n) is 3.23. The molecule has 1 aromatic heterocycles. The number of sulfonamides is 1. The fourth-order valence-electron chi connectivity index (χ4n) is 2.13. The number of aliphatic hydroxyl groups excluding tert-OH is 1. The van der Waals surface area contributed by atoms with Crippen molar-refractivity contribution in [3.63, 3.8) is 0 Å². The van der Waals surface area contributed by atoms with Crippen LogP contribution in [-0.2, 0) is 15.8 Å². The van der Waals surface area contributed by atoms with Gasteiger partial charge in [-0.2, -0.15) is 0 Å². The molecule has 6 nitrogen and oxygen atoms in total. The van der Waals surface area contributed by atoms with E-state index in [9.17, 15) is 8.42 Å². The highest BCUT2D eigenvalue weighted by atomic mass is 32.2. The molecule has 0 unspecified atom stereocenters. The van der Waals surface area contributed by atoms with Gasteiger partial charge in [-0.25, -0.2) is 12.7 Å². The maximum Gasteiger partial charge on any atom is 0.219 e. The first-order valence-electron chi connectivity index (χ1n) is 6.02. The van der Waals surface area contributed by atoms with Crippen LogP contribution in [0.25, 0.3) is 0 Å². The van der Waals surface area contributed by atoms with E-state index in [1.165, 1.54) is 4.31 Å². The molecule has 0 bridgehead atoms. The van der Waals surface area contributed by atoms with Gasteiger partial charge in [0.05, 0.1) is 0 Å². The third-order valence-corrected chi connectivity index (χ3v) is 5.04. The van der Waals surface area contributed by atoms with E-state index in [1.54, 1.807) is 13.0 Å². The molecule has 1 fully saturated rings. The van der Waals surface area contributed by atoms with E-state index in [4.69, 9.17) is 9.63 Å². The number of aryl methyl sites for hydroxylation is 1. The fourth-order valence-corrected chi connectivity index (χ4v) is 3.59. The second-order valence-corrected chi connectivity index (χ2v) is 6.68. The Morgan fingerprint density at radius 1 is 1.50 bits per heavy atom. The van der Waals surface area contributed by atoms with Crippen LogP contribution in [0.4, 0.5) is 0 Å². The monoisotopic (exact) mass is 274 g/mol. The summed E-state index contributed by atoms with van der Waals surface area (Å²) in [7, 11) is -3.33. The second-order valence-electron chi connectivity index (χ2n) is 4.71. The number of hydrogen-bond donors (Lipinski definition) is 1. The Balaban J connectivity index is 1.99. The van der Waals surface area contributed by atoms with Gasteiger partial charge in [0.2, 0.25) is 10.0 Å². The Labute approximate surface area is 107 Å². The minimum Gasteiger partial charge on any atom is -0.396 e. The number of hydrogen-bond acceptors (Lipinski definition) is 5. The number of aliphatic hydroxyl groups is 1. The van der Waals surface area contributed by atoms with E-state index < -0.39 is 10.0 Å². The smallest absolute Gasteiger partial charge is 0.219 e. The molecule has 1 saturated heterocycles. The summed E-state index contributed by atoms with van der Waals surface area (Å²) in [4.78, 5) is 0. The zero-order valence-corrected chi connectivity index (χ0v) is 11.2. The van der Waals surface area contributed by atoms with Crippen LogP contribution < -0.4 is 0 Å². The van der Waals surface area contributed by atoms with Gasteiger partial charge >= 0.3 is 0 Å². The van der Waals surface area contributed by atoms with Crippen molar-refractivity contribution in [2.24, 2.45) is 5.92 Å². The van der Waals surface area contributed by atoms with Crippen molar-refractivity contribution < 1.29 is 18.0 Å². The second kappa shape index (κ2) is 5.38.